The van der Waals surface area contributed by atoms with Gasteiger partial charge in [0.05, 0.1) is 17.0 Å². The molecule has 0 N–H and O–H groups in total. The molecule has 2 nitrogen and oxygen atoms in total. The molecule has 1 saturated carbocycles. The van der Waals surface area contributed by atoms with Gasteiger partial charge in [0, 0.05) is 5.41 Å². The molecule has 4 rings (SSSR count). The number of aromatic nitrogens is 2. The van der Waals surface area contributed by atoms with Crippen molar-refractivity contribution in [2.24, 2.45) is 0 Å². The van der Waals surface area contributed by atoms with E-state index >= 15 is 0 Å². The topological polar surface area (TPSA) is 25.8 Å². The van der Waals surface area contributed by atoms with Gasteiger partial charge >= 0.3 is 0 Å². The Morgan fingerprint density at radius 1 is 1.20 bits per heavy atom. The van der Waals surface area contributed by atoms with Gasteiger partial charge in [-0.3, -0.25) is 0 Å². The highest BCUT2D eigenvalue weighted by Crippen LogP contribution is 2.56. The normalized spacial score (nSPS) is 26.9. The van der Waals surface area contributed by atoms with E-state index in [0.29, 0.717) is 11.6 Å². The predicted octanol–water partition coefficient (Wildman–Crippen LogP) is 3.96. The molecule has 1 aromatic carbocycles. The van der Waals surface area contributed by atoms with Crippen molar-refractivity contribution in [1.82, 2.24) is 10.2 Å². The molecule has 102 valence electrons. The van der Waals surface area contributed by atoms with Gasteiger partial charge < -0.3 is 0 Å². The lowest BCUT2D eigenvalue weighted by Crippen LogP contribution is -2.18. The number of rotatable bonds is 1. The van der Waals surface area contributed by atoms with Crippen LogP contribution in [0.2, 0.25) is 0 Å². The molecule has 0 saturated heterocycles. The van der Waals surface area contributed by atoms with Gasteiger partial charge in [0.15, 0.2) is 0 Å². The van der Waals surface area contributed by atoms with Crippen molar-refractivity contribution in [2.75, 3.05) is 0 Å². The van der Waals surface area contributed by atoms with Crippen LogP contribution in [0.3, 0.4) is 0 Å². The van der Waals surface area contributed by atoms with Crippen LogP contribution in [0, 0.1) is 11.6 Å². The van der Waals surface area contributed by atoms with E-state index in [1.807, 2.05) is 6.07 Å². The second kappa shape index (κ2) is 3.84. The Labute approximate surface area is 115 Å². The predicted molar refractivity (Wildman–Crippen MR) is 71.3 cm³/mol. The monoisotopic (exact) mass is 272 g/mol. The van der Waals surface area contributed by atoms with Crippen molar-refractivity contribution in [1.29, 1.82) is 0 Å². The lowest BCUT2D eigenvalue weighted by Gasteiger charge is -2.22. The highest BCUT2D eigenvalue weighted by molar-refractivity contribution is 5.62. The van der Waals surface area contributed by atoms with Crippen LogP contribution in [0.4, 0.5) is 8.78 Å². The second-order valence-corrected chi connectivity index (χ2v) is 6.13. The number of benzene rings is 1. The summed E-state index contributed by atoms with van der Waals surface area (Å²) < 4.78 is 27.7. The third-order valence-electron chi connectivity index (χ3n) is 4.80. The summed E-state index contributed by atoms with van der Waals surface area (Å²) in [4.78, 5) is 0. The van der Waals surface area contributed by atoms with Crippen molar-refractivity contribution in [3.05, 3.63) is 47.2 Å². The highest BCUT2D eigenvalue weighted by atomic mass is 19.1. The SMILES string of the molecule is C[C@@]12CC[C@@H](C1)c1cc(-c3c(F)cccc3F)nnc12. The summed E-state index contributed by atoms with van der Waals surface area (Å²) in [6.45, 7) is 2.21. The van der Waals surface area contributed by atoms with E-state index in [2.05, 4.69) is 17.1 Å². The molecule has 1 fully saturated rings. The number of nitrogens with zero attached hydrogens (tertiary/aromatic N) is 2. The molecule has 2 atom stereocenters. The van der Waals surface area contributed by atoms with Gasteiger partial charge in [0.2, 0.25) is 0 Å². The van der Waals surface area contributed by atoms with Crippen LogP contribution >= 0.6 is 0 Å². The van der Waals surface area contributed by atoms with E-state index in [1.54, 1.807) is 0 Å². The van der Waals surface area contributed by atoms with Crippen LogP contribution in [-0.2, 0) is 5.41 Å². The molecule has 2 aliphatic rings. The number of hydrogen-bond donors (Lipinski definition) is 0. The minimum atomic E-state index is -0.589. The Morgan fingerprint density at radius 2 is 1.95 bits per heavy atom. The minimum Gasteiger partial charge on any atom is -0.206 e. The second-order valence-electron chi connectivity index (χ2n) is 6.13. The van der Waals surface area contributed by atoms with Crippen molar-refractivity contribution < 1.29 is 8.78 Å². The summed E-state index contributed by atoms with van der Waals surface area (Å²) in [5.41, 5.74) is 2.49. The van der Waals surface area contributed by atoms with Crippen LogP contribution in [0.25, 0.3) is 11.3 Å². The molecule has 0 spiro atoms. The van der Waals surface area contributed by atoms with Gasteiger partial charge in [-0.05, 0) is 48.9 Å². The summed E-state index contributed by atoms with van der Waals surface area (Å²) in [6.07, 6.45) is 3.35. The lowest BCUT2D eigenvalue weighted by molar-refractivity contribution is 0.484. The molecule has 0 radical (unpaired) electrons. The zero-order valence-corrected chi connectivity index (χ0v) is 11.2. The average molecular weight is 272 g/mol. The number of halogens is 2. The van der Waals surface area contributed by atoms with E-state index in [9.17, 15) is 8.78 Å². The van der Waals surface area contributed by atoms with Crippen molar-refractivity contribution in [3.63, 3.8) is 0 Å². The smallest absolute Gasteiger partial charge is 0.135 e. The molecule has 0 amide bonds. The Morgan fingerprint density at radius 3 is 2.70 bits per heavy atom. The van der Waals surface area contributed by atoms with Crippen LogP contribution in [0.1, 0.15) is 43.4 Å². The average Bonchev–Trinajstić information content (AvgIpc) is 2.93. The van der Waals surface area contributed by atoms with Crippen LogP contribution in [-0.4, -0.2) is 10.2 Å². The summed E-state index contributed by atoms with van der Waals surface area (Å²) in [5, 5.41) is 8.37. The standard InChI is InChI=1S/C16H14F2N2/c1-16-6-5-9(8-16)10-7-13(19-20-15(10)16)14-11(17)3-2-4-12(14)18/h2-4,7,9H,5-6,8H2,1H3/t9-,16+/m0/s1. The van der Waals surface area contributed by atoms with Crippen molar-refractivity contribution in [2.45, 2.75) is 37.5 Å². The summed E-state index contributed by atoms with van der Waals surface area (Å²) in [5.74, 6) is -0.707. The van der Waals surface area contributed by atoms with E-state index in [4.69, 9.17) is 0 Å². The van der Waals surface area contributed by atoms with Crippen LogP contribution < -0.4 is 0 Å². The van der Waals surface area contributed by atoms with Gasteiger partial charge in [-0.2, -0.15) is 10.2 Å². The Hall–Kier alpha value is -1.84. The van der Waals surface area contributed by atoms with E-state index < -0.39 is 11.6 Å². The molecule has 2 aliphatic carbocycles. The first-order valence-corrected chi connectivity index (χ1v) is 6.91. The summed E-state index contributed by atoms with van der Waals surface area (Å²) >= 11 is 0. The van der Waals surface area contributed by atoms with Gasteiger partial charge in [-0.15, -0.1) is 0 Å². The van der Waals surface area contributed by atoms with Crippen LogP contribution in [0.5, 0.6) is 0 Å². The van der Waals surface area contributed by atoms with Gasteiger partial charge in [0.1, 0.15) is 11.6 Å². The Kier molecular flexibility index (Phi) is 2.29. The molecule has 1 aromatic heterocycles. The molecule has 20 heavy (non-hydrogen) atoms. The first-order chi connectivity index (χ1) is 9.58. The maximum Gasteiger partial charge on any atom is 0.135 e. The molecule has 2 bridgehead atoms. The van der Waals surface area contributed by atoms with Gasteiger partial charge in [-0.25, -0.2) is 8.78 Å². The zero-order chi connectivity index (χ0) is 13.9. The van der Waals surface area contributed by atoms with E-state index in [-0.39, 0.29) is 11.0 Å². The molecular formula is C16H14F2N2. The minimum absolute atomic E-state index is 0.0734. The fourth-order valence-corrected chi connectivity index (χ4v) is 3.77. The molecular weight excluding hydrogens is 258 g/mol. The third-order valence-corrected chi connectivity index (χ3v) is 4.80. The number of hydrogen-bond acceptors (Lipinski definition) is 2. The third kappa shape index (κ3) is 1.48. The zero-order valence-electron chi connectivity index (χ0n) is 11.2. The van der Waals surface area contributed by atoms with E-state index in [0.717, 1.165) is 30.5 Å². The lowest BCUT2D eigenvalue weighted by atomic mass is 9.85. The number of fused-ring (bicyclic) bond motifs is 5. The van der Waals surface area contributed by atoms with E-state index in [1.165, 1.54) is 18.2 Å². The first-order valence-electron chi connectivity index (χ1n) is 6.91. The molecule has 2 aromatic rings. The maximum atomic E-state index is 13.8. The van der Waals surface area contributed by atoms with Crippen molar-refractivity contribution in [3.8, 4) is 11.3 Å². The fourth-order valence-electron chi connectivity index (χ4n) is 3.77. The van der Waals surface area contributed by atoms with Crippen LogP contribution in [0.15, 0.2) is 24.3 Å². The van der Waals surface area contributed by atoms with Gasteiger partial charge in [-0.1, -0.05) is 13.0 Å². The largest absolute Gasteiger partial charge is 0.206 e. The van der Waals surface area contributed by atoms with Crippen molar-refractivity contribution >= 4 is 0 Å². The highest BCUT2D eigenvalue weighted by Gasteiger charge is 2.47. The molecule has 0 unspecified atom stereocenters. The quantitative estimate of drug-likeness (QED) is 0.785. The maximum absolute atomic E-state index is 13.8. The summed E-state index contributed by atoms with van der Waals surface area (Å²) in [7, 11) is 0. The summed E-state index contributed by atoms with van der Waals surface area (Å²) in [6, 6.07) is 5.69. The first kappa shape index (κ1) is 11.9. The molecule has 4 heteroatoms. The molecule has 0 aliphatic heterocycles. The fraction of sp³-hybridized carbons (Fsp3) is 0.375. The molecule has 1 heterocycles. The Bertz CT molecular complexity index is 693. The van der Waals surface area contributed by atoms with Gasteiger partial charge in [0.25, 0.3) is 0 Å². The Balaban J connectivity index is 1.89.